The number of nitrogens with zero attached hydrogens (tertiary/aromatic N) is 3. The number of ether oxygens (including phenoxy) is 1. The number of carbonyl (C=O) groups excluding carboxylic acids is 1. The SMILES string of the molecule is CCOC(=O)C1=C(C)N=c2s/c(=C/c3ccc([N+](=O)[O-])cc3)c(=O)n2[C@@H]1c1ccc(C)cc1. The number of fused-ring (bicyclic) bond motifs is 1. The van der Waals surface area contributed by atoms with Gasteiger partial charge in [-0.15, -0.1) is 0 Å². The fourth-order valence-corrected chi connectivity index (χ4v) is 4.75. The van der Waals surface area contributed by atoms with Crippen LogP contribution in [0.1, 0.15) is 36.6 Å². The summed E-state index contributed by atoms with van der Waals surface area (Å²) in [6.45, 7) is 5.64. The van der Waals surface area contributed by atoms with Gasteiger partial charge in [0.1, 0.15) is 0 Å². The van der Waals surface area contributed by atoms with Crippen LogP contribution in [0, 0.1) is 17.0 Å². The van der Waals surface area contributed by atoms with E-state index in [4.69, 9.17) is 4.74 Å². The van der Waals surface area contributed by atoms with Gasteiger partial charge >= 0.3 is 5.97 Å². The zero-order valence-electron chi connectivity index (χ0n) is 18.3. The monoisotopic (exact) mass is 463 g/mol. The second kappa shape index (κ2) is 8.95. The Hall–Kier alpha value is -3.85. The molecule has 1 aliphatic heterocycles. The van der Waals surface area contributed by atoms with Crippen molar-refractivity contribution in [2.75, 3.05) is 6.61 Å². The number of nitro groups is 1. The number of non-ortho nitro benzene ring substituents is 1. The van der Waals surface area contributed by atoms with E-state index in [1.54, 1.807) is 32.1 Å². The first kappa shape index (κ1) is 22.3. The van der Waals surface area contributed by atoms with Gasteiger partial charge in [0.2, 0.25) is 0 Å². The molecule has 4 rings (SSSR count). The molecule has 1 aromatic heterocycles. The molecule has 1 atom stereocenters. The summed E-state index contributed by atoms with van der Waals surface area (Å²) in [5.41, 5.74) is 3.00. The summed E-state index contributed by atoms with van der Waals surface area (Å²) in [4.78, 5) is 41.8. The first-order chi connectivity index (χ1) is 15.8. The second-order valence-electron chi connectivity index (χ2n) is 7.56. The van der Waals surface area contributed by atoms with Crippen LogP contribution >= 0.6 is 11.3 Å². The van der Waals surface area contributed by atoms with Gasteiger partial charge in [-0.05, 0) is 50.1 Å². The number of carbonyl (C=O) groups is 1. The summed E-state index contributed by atoms with van der Waals surface area (Å²) >= 11 is 1.21. The Morgan fingerprint density at radius 2 is 1.85 bits per heavy atom. The van der Waals surface area contributed by atoms with Crippen molar-refractivity contribution in [2.45, 2.75) is 26.8 Å². The van der Waals surface area contributed by atoms with Crippen molar-refractivity contribution in [1.82, 2.24) is 4.57 Å². The van der Waals surface area contributed by atoms with Crippen molar-refractivity contribution in [3.8, 4) is 0 Å². The lowest BCUT2D eigenvalue weighted by Gasteiger charge is -2.24. The Morgan fingerprint density at radius 1 is 1.18 bits per heavy atom. The lowest BCUT2D eigenvalue weighted by Crippen LogP contribution is -2.39. The summed E-state index contributed by atoms with van der Waals surface area (Å²) in [5, 5.41) is 10.9. The number of esters is 1. The number of thiazole rings is 1. The third kappa shape index (κ3) is 4.27. The van der Waals surface area contributed by atoms with Gasteiger partial charge < -0.3 is 4.74 Å². The fourth-order valence-electron chi connectivity index (χ4n) is 3.70. The quantitative estimate of drug-likeness (QED) is 0.329. The van der Waals surface area contributed by atoms with Crippen LogP contribution in [-0.2, 0) is 9.53 Å². The summed E-state index contributed by atoms with van der Waals surface area (Å²) in [7, 11) is 0. The molecule has 0 unspecified atom stereocenters. The first-order valence-electron chi connectivity index (χ1n) is 10.3. The van der Waals surface area contributed by atoms with E-state index in [-0.39, 0.29) is 17.9 Å². The lowest BCUT2D eigenvalue weighted by atomic mass is 9.95. The number of hydrogen-bond acceptors (Lipinski definition) is 7. The van der Waals surface area contributed by atoms with Crippen molar-refractivity contribution in [1.29, 1.82) is 0 Å². The van der Waals surface area contributed by atoms with E-state index < -0.39 is 16.9 Å². The molecule has 0 aliphatic carbocycles. The molecule has 0 bridgehead atoms. The van der Waals surface area contributed by atoms with Crippen LogP contribution in [0.4, 0.5) is 5.69 Å². The number of benzene rings is 2. The molecule has 168 valence electrons. The second-order valence-corrected chi connectivity index (χ2v) is 8.57. The number of aryl methyl sites for hydroxylation is 1. The molecule has 2 aromatic carbocycles. The molecule has 0 fully saturated rings. The minimum absolute atomic E-state index is 0.0253. The zero-order chi connectivity index (χ0) is 23.7. The standard InChI is InChI=1S/C24H21N3O5S/c1-4-32-23(29)20-15(3)25-24-26(21(20)17-9-5-14(2)6-10-17)22(28)19(33-24)13-16-7-11-18(12-8-16)27(30)31/h5-13,21H,4H2,1-3H3/b19-13+/t21-/m1/s1. The summed E-state index contributed by atoms with van der Waals surface area (Å²) in [5.74, 6) is -0.506. The molecule has 8 nitrogen and oxygen atoms in total. The highest BCUT2D eigenvalue weighted by atomic mass is 32.1. The molecule has 0 N–H and O–H groups in total. The Labute approximate surface area is 192 Å². The summed E-state index contributed by atoms with van der Waals surface area (Å²) < 4.78 is 7.22. The van der Waals surface area contributed by atoms with E-state index in [0.717, 1.165) is 11.1 Å². The molecule has 33 heavy (non-hydrogen) atoms. The van der Waals surface area contributed by atoms with Crippen LogP contribution in [0.2, 0.25) is 0 Å². The van der Waals surface area contributed by atoms with Crippen LogP contribution in [0.5, 0.6) is 0 Å². The van der Waals surface area contributed by atoms with E-state index in [0.29, 0.717) is 26.2 Å². The van der Waals surface area contributed by atoms with Crippen molar-refractivity contribution < 1.29 is 14.5 Å². The van der Waals surface area contributed by atoms with Gasteiger partial charge in [-0.1, -0.05) is 41.2 Å². The van der Waals surface area contributed by atoms with Crippen molar-refractivity contribution in [2.24, 2.45) is 4.99 Å². The molecule has 0 saturated carbocycles. The molecule has 0 radical (unpaired) electrons. The van der Waals surface area contributed by atoms with E-state index in [9.17, 15) is 19.7 Å². The van der Waals surface area contributed by atoms with Crippen molar-refractivity contribution in [3.63, 3.8) is 0 Å². The van der Waals surface area contributed by atoms with Gasteiger partial charge in [-0.2, -0.15) is 0 Å². The van der Waals surface area contributed by atoms with Gasteiger partial charge in [0.25, 0.3) is 11.2 Å². The number of aromatic nitrogens is 1. The summed E-state index contributed by atoms with van der Waals surface area (Å²) in [6.07, 6.45) is 1.67. The van der Waals surface area contributed by atoms with Crippen molar-refractivity contribution in [3.05, 3.63) is 106 Å². The normalized spacial score (nSPS) is 15.7. The van der Waals surface area contributed by atoms with Gasteiger partial charge in [-0.25, -0.2) is 9.79 Å². The zero-order valence-corrected chi connectivity index (χ0v) is 19.1. The molecule has 1 aliphatic rings. The minimum Gasteiger partial charge on any atom is -0.463 e. The topological polar surface area (TPSA) is 104 Å². The van der Waals surface area contributed by atoms with Crippen LogP contribution in [-0.4, -0.2) is 22.1 Å². The van der Waals surface area contributed by atoms with E-state index >= 15 is 0 Å². The van der Waals surface area contributed by atoms with Crippen LogP contribution in [0.25, 0.3) is 6.08 Å². The predicted molar refractivity (Wildman–Crippen MR) is 125 cm³/mol. The van der Waals surface area contributed by atoms with E-state index in [2.05, 4.69) is 4.99 Å². The first-order valence-corrected chi connectivity index (χ1v) is 11.1. The maximum absolute atomic E-state index is 13.5. The van der Waals surface area contributed by atoms with E-state index in [1.807, 2.05) is 31.2 Å². The highest BCUT2D eigenvalue weighted by Gasteiger charge is 2.33. The van der Waals surface area contributed by atoms with Gasteiger partial charge in [0, 0.05) is 12.1 Å². The number of rotatable bonds is 5. The third-order valence-corrected chi connectivity index (χ3v) is 6.29. The predicted octanol–water partition coefficient (Wildman–Crippen LogP) is 3.01. The Balaban J connectivity index is 1.90. The van der Waals surface area contributed by atoms with Gasteiger partial charge in [0.05, 0.1) is 33.4 Å². The molecular weight excluding hydrogens is 442 g/mol. The van der Waals surface area contributed by atoms with Crippen LogP contribution < -0.4 is 14.9 Å². The lowest BCUT2D eigenvalue weighted by molar-refractivity contribution is -0.384. The average molecular weight is 464 g/mol. The molecule has 0 spiro atoms. The number of allylic oxidation sites excluding steroid dienone is 1. The molecule has 3 aromatic rings. The molecule has 0 saturated heterocycles. The average Bonchev–Trinajstić information content (AvgIpc) is 3.08. The van der Waals surface area contributed by atoms with Gasteiger partial charge in [-0.3, -0.25) is 19.5 Å². The van der Waals surface area contributed by atoms with Crippen LogP contribution in [0.15, 0.2) is 69.6 Å². The molecule has 0 amide bonds. The smallest absolute Gasteiger partial charge is 0.338 e. The van der Waals surface area contributed by atoms with E-state index in [1.165, 1.54) is 28.0 Å². The molecule has 2 heterocycles. The van der Waals surface area contributed by atoms with Crippen molar-refractivity contribution >= 4 is 29.1 Å². The third-order valence-electron chi connectivity index (χ3n) is 5.31. The maximum Gasteiger partial charge on any atom is 0.338 e. The molecular formula is C24H21N3O5S. The summed E-state index contributed by atoms with van der Waals surface area (Å²) in [6, 6.07) is 12.9. The van der Waals surface area contributed by atoms with Gasteiger partial charge in [0.15, 0.2) is 4.80 Å². The minimum atomic E-state index is -0.667. The maximum atomic E-state index is 13.5. The number of nitro benzene ring substituents is 1. The number of hydrogen-bond donors (Lipinski definition) is 0. The fraction of sp³-hybridized carbons (Fsp3) is 0.208. The molecule has 9 heteroatoms. The Morgan fingerprint density at radius 3 is 2.45 bits per heavy atom. The largest absolute Gasteiger partial charge is 0.463 e. The Kier molecular flexibility index (Phi) is 6.06. The highest BCUT2D eigenvalue weighted by molar-refractivity contribution is 7.07. The van der Waals surface area contributed by atoms with Crippen LogP contribution in [0.3, 0.4) is 0 Å². The Bertz CT molecular complexity index is 1450. The highest BCUT2D eigenvalue weighted by Crippen LogP contribution is 2.30.